The van der Waals surface area contributed by atoms with Gasteiger partial charge in [-0.2, -0.15) is 0 Å². The Morgan fingerprint density at radius 2 is 2.11 bits per heavy atom. The monoisotopic (exact) mass is 264 g/mol. The van der Waals surface area contributed by atoms with Gasteiger partial charge < -0.3 is 14.6 Å². The Morgan fingerprint density at radius 3 is 2.72 bits per heavy atom. The molecule has 1 heterocycles. The maximum absolute atomic E-state index is 11.9. The molecule has 0 saturated carbocycles. The average Bonchev–Trinajstić information content (AvgIpc) is 2.81. The fraction of sp³-hybridized carbons (Fsp3) is 0.154. The fourth-order valence-corrected chi connectivity index (χ4v) is 1.76. The van der Waals surface area contributed by atoms with E-state index in [4.69, 9.17) is 16.0 Å². The van der Waals surface area contributed by atoms with Gasteiger partial charge in [-0.15, -0.1) is 0 Å². The number of nitrogens with one attached hydrogen (secondary N) is 1. The topological polar surface area (TPSA) is 45.5 Å². The predicted molar refractivity (Wildman–Crippen MR) is 72.4 cm³/mol. The first kappa shape index (κ1) is 12.5. The van der Waals surface area contributed by atoms with Gasteiger partial charge in [-0.05, 0) is 30.3 Å². The summed E-state index contributed by atoms with van der Waals surface area (Å²) in [6.07, 6.45) is 1.46. The van der Waals surface area contributed by atoms with Crippen LogP contribution in [0, 0.1) is 0 Å². The average molecular weight is 265 g/mol. The van der Waals surface area contributed by atoms with E-state index in [1.807, 2.05) is 25.1 Å². The second kappa shape index (κ2) is 5.14. The van der Waals surface area contributed by atoms with Crippen LogP contribution in [0.25, 0.3) is 0 Å². The van der Waals surface area contributed by atoms with Gasteiger partial charge in [0.05, 0.1) is 17.6 Å². The smallest absolute Gasteiger partial charge is 0.291 e. The van der Waals surface area contributed by atoms with Crippen molar-refractivity contribution in [3.05, 3.63) is 47.4 Å². The molecule has 0 fully saturated rings. The van der Waals surface area contributed by atoms with Gasteiger partial charge >= 0.3 is 0 Å². The standard InChI is InChI=1S/C13H13ClN2O2/c1-16(2)11-6-5-9(14)8-10(11)15-13(17)12-4-3-7-18-12/h3-8H,1-2H3,(H,15,17). The van der Waals surface area contributed by atoms with E-state index >= 15 is 0 Å². The molecule has 0 spiro atoms. The number of carbonyl (C=O) groups is 1. The minimum Gasteiger partial charge on any atom is -0.459 e. The molecule has 0 aliphatic heterocycles. The largest absolute Gasteiger partial charge is 0.459 e. The van der Waals surface area contributed by atoms with E-state index in [0.717, 1.165) is 5.69 Å². The lowest BCUT2D eigenvalue weighted by Gasteiger charge is -2.17. The van der Waals surface area contributed by atoms with Crippen molar-refractivity contribution in [3.8, 4) is 0 Å². The van der Waals surface area contributed by atoms with Crippen LogP contribution < -0.4 is 10.2 Å². The normalized spacial score (nSPS) is 10.2. The number of anilines is 2. The lowest BCUT2D eigenvalue weighted by atomic mass is 10.2. The van der Waals surface area contributed by atoms with Crippen LogP contribution in [-0.4, -0.2) is 20.0 Å². The first-order valence-corrected chi connectivity index (χ1v) is 5.77. The van der Waals surface area contributed by atoms with Crippen LogP contribution in [0.2, 0.25) is 5.02 Å². The number of furan rings is 1. The van der Waals surface area contributed by atoms with E-state index in [0.29, 0.717) is 10.7 Å². The van der Waals surface area contributed by atoms with E-state index in [1.165, 1.54) is 6.26 Å². The molecule has 2 rings (SSSR count). The predicted octanol–water partition coefficient (Wildman–Crippen LogP) is 3.25. The summed E-state index contributed by atoms with van der Waals surface area (Å²) in [4.78, 5) is 13.8. The zero-order valence-corrected chi connectivity index (χ0v) is 10.9. The van der Waals surface area contributed by atoms with Gasteiger partial charge in [0.1, 0.15) is 0 Å². The van der Waals surface area contributed by atoms with Crippen LogP contribution in [-0.2, 0) is 0 Å². The summed E-state index contributed by atoms with van der Waals surface area (Å²) in [6, 6.07) is 8.60. The Morgan fingerprint density at radius 1 is 1.33 bits per heavy atom. The van der Waals surface area contributed by atoms with Gasteiger partial charge in [-0.1, -0.05) is 11.6 Å². The zero-order valence-electron chi connectivity index (χ0n) is 10.1. The van der Waals surface area contributed by atoms with Crippen LogP contribution in [0.5, 0.6) is 0 Å². The van der Waals surface area contributed by atoms with Gasteiger partial charge in [0.2, 0.25) is 0 Å². The van der Waals surface area contributed by atoms with Crippen molar-refractivity contribution < 1.29 is 9.21 Å². The summed E-state index contributed by atoms with van der Waals surface area (Å²) in [5.41, 5.74) is 1.52. The molecule has 1 aromatic carbocycles. The minimum absolute atomic E-state index is 0.264. The van der Waals surface area contributed by atoms with Crippen molar-refractivity contribution in [1.29, 1.82) is 0 Å². The number of benzene rings is 1. The van der Waals surface area contributed by atoms with E-state index < -0.39 is 0 Å². The molecule has 1 aromatic heterocycles. The van der Waals surface area contributed by atoms with Crippen molar-refractivity contribution in [1.82, 2.24) is 0 Å². The van der Waals surface area contributed by atoms with Gasteiger partial charge in [0, 0.05) is 19.1 Å². The lowest BCUT2D eigenvalue weighted by molar-refractivity contribution is 0.0996. The third-order valence-corrected chi connectivity index (χ3v) is 2.67. The molecular formula is C13H13ClN2O2. The van der Waals surface area contributed by atoms with E-state index in [2.05, 4.69) is 5.32 Å². The molecule has 5 heteroatoms. The molecule has 1 amide bonds. The zero-order chi connectivity index (χ0) is 13.1. The molecule has 0 aliphatic carbocycles. The number of hydrogen-bond acceptors (Lipinski definition) is 3. The van der Waals surface area contributed by atoms with Crippen LogP contribution >= 0.6 is 11.6 Å². The number of carbonyl (C=O) groups excluding carboxylic acids is 1. The van der Waals surface area contributed by atoms with Gasteiger partial charge in [0.25, 0.3) is 5.91 Å². The summed E-state index contributed by atoms with van der Waals surface area (Å²) >= 11 is 5.94. The maximum atomic E-state index is 11.9. The van der Waals surface area contributed by atoms with Gasteiger partial charge in [-0.3, -0.25) is 4.79 Å². The number of halogens is 1. The maximum Gasteiger partial charge on any atom is 0.291 e. The first-order valence-electron chi connectivity index (χ1n) is 5.39. The molecule has 0 bridgehead atoms. The molecule has 2 aromatic rings. The van der Waals surface area contributed by atoms with Crippen LogP contribution in [0.15, 0.2) is 41.0 Å². The Hall–Kier alpha value is -1.94. The minimum atomic E-state index is -0.301. The number of amides is 1. The highest BCUT2D eigenvalue weighted by molar-refractivity contribution is 6.31. The summed E-state index contributed by atoms with van der Waals surface area (Å²) in [5.74, 6) is -0.0370. The fourth-order valence-electron chi connectivity index (χ4n) is 1.59. The lowest BCUT2D eigenvalue weighted by Crippen LogP contribution is -2.16. The number of rotatable bonds is 3. The molecule has 0 aliphatic rings. The Balaban J connectivity index is 2.28. The van der Waals surface area contributed by atoms with Crippen molar-refractivity contribution in [2.24, 2.45) is 0 Å². The van der Waals surface area contributed by atoms with E-state index in [-0.39, 0.29) is 11.7 Å². The molecule has 94 valence electrons. The number of nitrogens with zero attached hydrogens (tertiary/aromatic N) is 1. The van der Waals surface area contributed by atoms with Crippen molar-refractivity contribution in [2.75, 3.05) is 24.3 Å². The Labute approximate surface area is 110 Å². The summed E-state index contributed by atoms with van der Waals surface area (Å²) < 4.78 is 5.04. The Kier molecular flexibility index (Phi) is 3.58. The van der Waals surface area contributed by atoms with Crippen LogP contribution in [0.3, 0.4) is 0 Å². The summed E-state index contributed by atoms with van der Waals surface area (Å²) in [6.45, 7) is 0. The highest BCUT2D eigenvalue weighted by atomic mass is 35.5. The van der Waals surface area contributed by atoms with Crippen molar-refractivity contribution in [3.63, 3.8) is 0 Å². The second-order valence-electron chi connectivity index (χ2n) is 3.99. The highest BCUT2D eigenvalue weighted by Crippen LogP contribution is 2.28. The SMILES string of the molecule is CN(C)c1ccc(Cl)cc1NC(=O)c1ccco1. The summed E-state index contributed by atoms with van der Waals surface area (Å²) in [5, 5.41) is 3.34. The molecule has 0 unspecified atom stereocenters. The number of hydrogen-bond donors (Lipinski definition) is 1. The third-order valence-electron chi connectivity index (χ3n) is 2.43. The van der Waals surface area contributed by atoms with Crippen molar-refractivity contribution in [2.45, 2.75) is 0 Å². The summed E-state index contributed by atoms with van der Waals surface area (Å²) in [7, 11) is 3.79. The molecular weight excluding hydrogens is 252 g/mol. The van der Waals surface area contributed by atoms with Crippen LogP contribution in [0.1, 0.15) is 10.6 Å². The Bertz CT molecular complexity index is 550. The highest BCUT2D eigenvalue weighted by Gasteiger charge is 2.12. The van der Waals surface area contributed by atoms with E-state index in [9.17, 15) is 4.79 Å². The van der Waals surface area contributed by atoms with Gasteiger partial charge in [0.15, 0.2) is 5.76 Å². The van der Waals surface area contributed by atoms with Gasteiger partial charge in [-0.25, -0.2) is 0 Å². The quantitative estimate of drug-likeness (QED) is 0.926. The molecule has 1 N–H and O–H groups in total. The first-order chi connectivity index (χ1) is 8.58. The molecule has 0 saturated heterocycles. The molecule has 18 heavy (non-hydrogen) atoms. The van der Waals surface area contributed by atoms with Crippen LogP contribution in [0.4, 0.5) is 11.4 Å². The van der Waals surface area contributed by atoms with E-state index in [1.54, 1.807) is 24.3 Å². The molecule has 0 radical (unpaired) electrons. The second-order valence-corrected chi connectivity index (χ2v) is 4.42. The molecule has 0 atom stereocenters. The molecule has 4 nitrogen and oxygen atoms in total. The van der Waals surface area contributed by atoms with Crippen molar-refractivity contribution >= 4 is 28.9 Å². The third kappa shape index (κ3) is 2.65.